The number of likely N-dealkylation sites (N-methyl/N-ethyl adjacent to an activating group) is 1. The summed E-state index contributed by atoms with van der Waals surface area (Å²) in [6.07, 6.45) is -7.81. The second kappa shape index (κ2) is 19.5. The Hall–Kier alpha value is -1.79. The van der Waals surface area contributed by atoms with E-state index in [1.54, 1.807) is 41.5 Å². The first kappa shape index (κ1) is 48.6. The summed E-state index contributed by atoms with van der Waals surface area (Å²) in [5.41, 5.74) is -4.04. The van der Waals surface area contributed by atoms with Crippen LogP contribution >= 0.6 is 0 Å². The Morgan fingerprint density at radius 3 is 2.00 bits per heavy atom. The van der Waals surface area contributed by atoms with Gasteiger partial charge in [0.2, 0.25) is 0 Å². The van der Waals surface area contributed by atoms with E-state index in [1.807, 2.05) is 39.8 Å². The molecule has 3 saturated heterocycles. The zero-order valence-corrected chi connectivity index (χ0v) is 36.7. The minimum absolute atomic E-state index is 0.126. The molecule has 0 aromatic rings. The van der Waals surface area contributed by atoms with E-state index in [1.165, 1.54) is 35.2 Å². The van der Waals surface area contributed by atoms with Crippen molar-refractivity contribution in [3.05, 3.63) is 0 Å². The van der Waals surface area contributed by atoms with Gasteiger partial charge in [-0.2, -0.15) is 0 Å². The number of hydrogen-bond acceptors (Lipinski definition) is 15. The van der Waals surface area contributed by atoms with E-state index >= 15 is 0 Å². The molecular formula is C41H73NO14. The van der Waals surface area contributed by atoms with Crippen molar-refractivity contribution in [2.45, 2.75) is 186 Å². The molecule has 0 unspecified atom stereocenters. The Morgan fingerprint density at radius 1 is 0.875 bits per heavy atom. The van der Waals surface area contributed by atoms with Gasteiger partial charge in [0, 0.05) is 52.4 Å². The predicted molar refractivity (Wildman–Crippen MR) is 205 cm³/mol. The Kier molecular flexibility index (Phi) is 16.9. The SMILES string of the molecule is CC[C@H]1OC(=O)[C@H](C)[C@@H](O[C@H]2C[C@@](C)(OC)[C@@H](O)[C@H](C)O2)[C@H](C)[C@@H](O[C@@H]2O[C@H](C)C[C@H](N(C)C)[C@H]2OC(C)=O)[C@](C)(OC)C[C@@H](C)C(=O)[C@H](C)[C@@H](OC)[C@]1(C)O. The number of rotatable bonds is 10. The molecule has 3 aliphatic rings. The molecule has 15 nitrogen and oxygen atoms in total. The summed E-state index contributed by atoms with van der Waals surface area (Å²) in [7, 11) is 8.26. The topological polar surface area (TPSA) is 178 Å². The van der Waals surface area contributed by atoms with Gasteiger partial charge in [0.05, 0.1) is 53.7 Å². The van der Waals surface area contributed by atoms with Crippen molar-refractivity contribution >= 4 is 17.7 Å². The van der Waals surface area contributed by atoms with Crippen LogP contribution in [0.2, 0.25) is 0 Å². The molecule has 2 N–H and O–H groups in total. The third-order valence-corrected chi connectivity index (χ3v) is 12.8. The van der Waals surface area contributed by atoms with Crippen LogP contribution in [0.5, 0.6) is 0 Å². The zero-order chi connectivity index (χ0) is 42.7. The van der Waals surface area contributed by atoms with Crippen LogP contribution in [0.3, 0.4) is 0 Å². The average Bonchev–Trinajstić information content (AvgIpc) is 3.12. The number of methoxy groups -OCH3 is 3. The molecule has 18 atom stereocenters. The number of carbonyl (C=O) groups excluding carboxylic acids is 3. The van der Waals surface area contributed by atoms with Gasteiger partial charge >= 0.3 is 11.9 Å². The molecule has 0 amide bonds. The number of ether oxygens (including phenoxy) is 9. The molecule has 0 aromatic heterocycles. The first-order valence-corrected chi connectivity index (χ1v) is 20.2. The first-order chi connectivity index (χ1) is 25.9. The predicted octanol–water partition coefficient (Wildman–Crippen LogP) is 3.66. The number of esters is 2. The van der Waals surface area contributed by atoms with Gasteiger partial charge in [-0.25, -0.2) is 0 Å². The molecular weight excluding hydrogens is 730 g/mol. The molecule has 326 valence electrons. The fourth-order valence-electron chi connectivity index (χ4n) is 9.32. The minimum atomic E-state index is -1.75. The number of carbonyl (C=O) groups is 3. The van der Waals surface area contributed by atoms with Crippen LogP contribution in [0.1, 0.15) is 102 Å². The van der Waals surface area contributed by atoms with Gasteiger partial charge in [-0.05, 0) is 74.9 Å². The smallest absolute Gasteiger partial charge is 0.311 e. The summed E-state index contributed by atoms with van der Waals surface area (Å²) < 4.78 is 56.5. The van der Waals surface area contributed by atoms with Gasteiger partial charge in [0.1, 0.15) is 23.6 Å². The van der Waals surface area contributed by atoms with Gasteiger partial charge in [0.25, 0.3) is 0 Å². The number of nitrogens with zero attached hydrogens (tertiary/aromatic N) is 1. The summed E-state index contributed by atoms with van der Waals surface area (Å²) in [5, 5.41) is 23.0. The van der Waals surface area contributed by atoms with Crippen molar-refractivity contribution in [2.75, 3.05) is 35.4 Å². The monoisotopic (exact) mass is 804 g/mol. The fraction of sp³-hybridized carbons (Fsp3) is 0.927. The van der Waals surface area contributed by atoms with Crippen LogP contribution in [-0.4, -0.2) is 153 Å². The molecule has 0 radical (unpaired) electrons. The maximum Gasteiger partial charge on any atom is 0.311 e. The van der Waals surface area contributed by atoms with E-state index in [0.717, 1.165) is 0 Å². The minimum Gasteiger partial charge on any atom is -0.459 e. The highest BCUT2D eigenvalue weighted by molar-refractivity contribution is 5.83. The molecule has 0 bridgehead atoms. The van der Waals surface area contributed by atoms with Crippen molar-refractivity contribution < 1.29 is 67.2 Å². The second-order valence-corrected chi connectivity index (χ2v) is 17.4. The lowest BCUT2D eigenvalue weighted by atomic mass is 9.73. The van der Waals surface area contributed by atoms with Gasteiger partial charge in [-0.15, -0.1) is 0 Å². The van der Waals surface area contributed by atoms with Crippen LogP contribution < -0.4 is 0 Å². The highest BCUT2D eigenvalue weighted by Crippen LogP contribution is 2.42. The van der Waals surface area contributed by atoms with Crippen molar-refractivity contribution in [3.63, 3.8) is 0 Å². The summed E-state index contributed by atoms with van der Waals surface area (Å²) in [5.74, 6) is -4.53. The van der Waals surface area contributed by atoms with E-state index in [-0.39, 0.29) is 37.2 Å². The largest absolute Gasteiger partial charge is 0.459 e. The van der Waals surface area contributed by atoms with Gasteiger partial charge in [-0.3, -0.25) is 14.4 Å². The molecule has 0 aliphatic carbocycles. The lowest BCUT2D eigenvalue weighted by Crippen LogP contribution is -2.62. The Balaban J connectivity index is 2.29. The van der Waals surface area contributed by atoms with Gasteiger partial charge < -0.3 is 57.7 Å². The number of cyclic esters (lactones) is 1. The Bertz CT molecular complexity index is 1310. The molecule has 3 aliphatic heterocycles. The zero-order valence-electron chi connectivity index (χ0n) is 36.7. The molecule has 0 spiro atoms. The molecule has 3 heterocycles. The standard InChI is InChI=1S/C41H73NO14/c1-17-29-41(11,47)36(48-14)23(4)31(44)21(2)19-40(10,50-16)35(56-38-33(53-27(8)43)28(42(12)13)18-22(3)51-38)24(5)32(25(6)37(46)54-29)55-30-20-39(9,49-15)34(45)26(7)52-30/h21-26,28-30,32-36,38,45,47H,17-20H2,1-16H3/t21-,22-,23+,24+,25-,26+,28+,29-,30+,32+,33-,34+,35-,36-,38+,39-,40-,41-/m1/s1. The number of ketones is 1. The van der Waals surface area contributed by atoms with E-state index in [0.29, 0.717) is 6.42 Å². The van der Waals surface area contributed by atoms with E-state index in [2.05, 4.69) is 0 Å². The molecule has 15 heteroatoms. The third kappa shape index (κ3) is 10.5. The highest BCUT2D eigenvalue weighted by atomic mass is 16.7. The van der Waals surface area contributed by atoms with Crippen LogP contribution in [0.4, 0.5) is 0 Å². The van der Waals surface area contributed by atoms with Gasteiger partial charge in [0.15, 0.2) is 18.7 Å². The average molecular weight is 804 g/mol. The molecule has 0 aromatic carbocycles. The molecule has 3 rings (SSSR count). The van der Waals surface area contributed by atoms with Crippen LogP contribution in [0, 0.1) is 23.7 Å². The second-order valence-electron chi connectivity index (χ2n) is 17.4. The van der Waals surface area contributed by atoms with Crippen molar-refractivity contribution in [2.24, 2.45) is 23.7 Å². The first-order valence-electron chi connectivity index (χ1n) is 20.2. The fourth-order valence-corrected chi connectivity index (χ4v) is 9.32. The molecule has 3 fully saturated rings. The quantitative estimate of drug-likeness (QED) is 0.306. The summed E-state index contributed by atoms with van der Waals surface area (Å²) in [4.78, 5) is 43.2. The number of aliphatic hydroxyl groups excluding tert-OH is 1. The number of aliphatic hydroxyl groups is 2. The van der Waals surface area contributed by atoms with Crippen molar-refractivity contribution in [1.82, 2.24) is 4.90 Å². The van der Waals surface area contributed by atoms with Gasteiger partial charge in [-0.1, -0.05) is 27.7 Å². The van der Waals surface area contributed by atoms with E-state index in [9.17, 15) is 24.6 Å². The number of Topliss-reactive ketones (excluding diaryl/α,β-unsaturated/α-hetero) is 1. The van der Waals surface area contributed by atoms with E-state index in [4.69, 9.17) is 42.6 Å². The van der Waals surface area contributed by atoms with Crippen molar-refractivity contribution in [3.8, 4) is 0 Å². The van der Waals surface area contributed by atoms with Crippen LogP contribution in [-0.2, 0) is 57.0 Å². The summed E-state index contributed by atoms with van der Waals surface area (Å²) in [6, 6.07) is -0.266. The maximum absolute atomic E-state index is 14.4. The Morgan fingerprint density at radius 2 is 1.48 bits per heavy atom. The Labute approximate surface area is 334 Å². The molecule has 56 heavy (non-hydrogen) atoms. The summed E-state index contributed by atoms with van der Waals surface area (Å²) in [6.45, 7) is 18.9. The highest BCUT2D eigenvalue weighted by Gasteiger charge is 2.54. The third-order valence-electron chi connectivity index (χ3n) is 12.8. The van der Waals surface area contributed by atoms with Crippen molar-refractivity contribution in [1.29, 1.82) is 0 Å². The lowest BCUT2D eigenvalue weighted by molar-refractivity contribution is -0.320. The number of hydrogen-bond donors (Lipinski definition) is 2. The van der Waals surface area contributed by atoms with E-state index < -0.39 is 108 Å². The summed E-state index contributed by atoms with van der Waals surface area (Å²) >= 11 is 0. The normalized spacial score (nSPS) is 46.2. The van der Waals surface area contributed by atoms with Crippen LogP contribution in [0.15, 0.2) is 0 Å². The van der Waals surface area contributed by atoms with Crippen LogP contribution in [0.25, 0.3) is 0 Å². The maximum atomic E-state index is 14.4. The molecule has 0 saturated carbocycles. The lowest BCUT2D eigenvalue weighted by Gasteiger charge is -2.50.